The molecule has 1 aliphatic rings. The fourth-order valence-corrected chi connectivity index (χ4v) is 3.58. The van der Waals surface area contributed by atoms with E-state index in [1.165, 1.54) is 17.3 Å². The van der Waals surface area contributed by atoms with Gasteiger partial charge in [-0.05, 0) is 25.5 Å². The lowest BCUT2D eigenvalue weighted by molar-refractivity contribution is 0.100. The summed E-state index contributed by atoms with van der Waals surface area (Å²) in [6.45, 7) is 8.62. The number of likely N-dealkylation sites (N-methyl/N-ethyl adjacent to an activating group) is 1. The average Bonchev–Trinajstić information content (AvgIpc) is 3.38. The van der Waals surface area contributed by atoms with E-state index in [1.807, 2.05) is 33.9 Å². The number of nitrogens with two attached hydrogens (primary N) is 3. The first-order valence-electron chi connectivity index (χ1n) is 11.9. The van der Waals surface area contributed by atoms with Crippen molar-refractivity contribution in [2.24, 2.45) is 27.7 Å². The largest absolute Gasteiger partial charge is 0.512 e. The number of hydrogen-bond donors (Lipinski definition) is 4. The Hall–Kier alpha value is -3.96. The van der Waals surface area contributed by atoms with Gasteiger partial charge in [0.1, 0.15) is 11.6 Å². The number of aliphatic hydroxyl groups excluding tert-OH is 1. The molecule has 3 rings (SSSR count). The van der Waals surface area contributed by atoms with E-state index < -0.39 is 11.3 Å². The molecule has 11 nitrogen and oxygen atoms in total. The number of aliphatic hydroxyl groups is 1. The summed E-state index contributed by atoms with van der Waals surface area (Å²) in [5, 5.41) is 11.4. The highest BCUT2D eigenvalue weighted by molar-refractivity contribution is 6.06. The van der Waals surface area contributed by atoms with Gasteiger partial charge in [0.25, 0.3) is 5.91 Å². The summed E-state index contributed by atoms with van der Waals surface area (Å²) in [5.74, 6) is 5.57. The van der Waals surface area contributed by atoms with Gasteiger partial charge in [-0.1, -0.05) is 20.8 Å². The minimum absolute atomic E-state index is 0.0133. The molecule has 1 amide bonds. The van der Waals surface area contributed by atoms with Crippen LogP contribution in [0.2, 0.25) is 0 Å². The van der Waals surface area contributed by atoms with Crippen LogP contribution < -0.4 is 27.2 Å². The number of hydrazine groups is 1. The van der Waals surface area contributed by atoms with Gasteiger partial charge in [-0.15, -0.1) is 0 Å². The summed E-state index contributed by atoms with van der Waals surface area (Å²) in [6, 6.07) is 3.78. The topological polar surface area (TPSA) is 169 Å². The number of ether oxygens (including phenoxy) is 1. The zero-order chi connectivity index (χ0) is 27.3. The monoisotopic (exact) mass is 508 g/mol. The Kier molecular flexibility index (Phi) is 8.51. The van der Waals surface area contributed by atoms with Crippen molar-refractivity contribution in [1.82, 2.24) is 9.97 Å². The second-order valence-corrected chi connectivity index (χ2v) is 10.0. The maximum absolute atomic E-state index is 12.7. The first kappa shape index (κ1) is 27.6. The van der Waals surface area contributed by atoms with E-state index in [4.69, 9.17) is 22.0 Å². The van der Waals surface area contributed by atoms with Gasteiger partial charge >= 0.3 is 0 Å². The van der Waals surface area contributed by atoms with Crippen LogP contribution in [0.1, 0.15) is 48.8 Å². The smallest absolute Gasteiger partial charge is 0.280 e. The molecule has 1 saturated heterocycles. The number of aryl methyl sites for hydroxylation is 1. The van der Waals surface area contributed by atoms with Crippen molar-refractivity contribution in [3.8, 4) is 0 Å². The average molecular weight is 509 g/mol. The Bertz CT molecular complexity index is 1230. The molecular weight excluding hydrogens is 472 g/mol. The van der Waals surface area contributed by atoms with Crippen molar-refractivity contribution >= 4 is 28.8 Å². The van der Waals surface area contributed by atoms with Gasteiger partial charge in [0.15, 0.2) is 0 Å². The van der Waals surface area contributed by atoms with Crippen molar-refractivity contribution in [2.45, 2.75) is 40.2 Å². The number of hydrogen-bond acceptors (Lipinski definition) is 9. The molecule has 0 saturated carbocycles. The number of nitrogens with zero attached hydrogens (tertiary/aromatic N) is 5. The Labute approximate surface area is 217 Å². The van der Waals surface area contributed by atoms with Crippen LogP contribution >= 0.6 is 0 Å². The summed E-state index contributed by atoms with van der Waals surface area (Å²) in [7, 11) is 2.00. The van der Waals surface area contributed by atoms with Crippen LogP contribution in [0.3, 0.4) is 0 Å². The van der Waals surface area contributed by atoms with E-state index in [0.717, 1.165) is 18.7 Å². The van der Waals surface area contributed by atoms with Crippen LogP contribution in [-0.4, -0.2) is 53.1 Å². The number of amidine groups is 1. The number of anilines is 2. The Balaban J connectivity index is 1.82. The number of carbonyl (C=O) groups excluding carboxylic acids is 1. The van der Waals surface area contributed by atoms with Crippen molar-refractivity contribution in [1.29, 1.82) is 0 Å². The zero-order valence-corrected chi connectivity index (χ0v) is 22.0. The summed E-state index contributed by atoms with van der Waals surface area (Å²) in [4.78, 5) is 27.3. The molecule has 1 fully saturated rings. The minimum atomic E-state index is -0.620. The van der Waals surface area contributed by atoms with Crippen molar-refractivity contribution < 1.29 is 14.6 Å². The molecule has 198 valence electrons. The molecule has 0 aromatic carbocycles. The van der Waals surface area contributed by atoms with E-state index in [0.29, 0.717) is 29.2 Å². The molecule has 1 unspecified atom stereocenters. The number of allylic oxidation sites excluding steroid dienone is 1. The molecule has 0 spiro atoms. The van der Waals surface area contributed by atoms with E-state index in [9.17, 15) is 9.90 Å². The zero-order valence-electron chi connectivity index (χ0n) is 22.0. The summed E-state index contributed by atoms with van der Waals surface area (Å²) >= 11 is 0. The number of carbonyl (C=O) groups is 1. The maximum atomic E-state index is 12.7. The Morgan fingerprint density at radius 2 is 1.95 bits per heavy atom. The summed E-state index contributed by atoms with van der Waals surface area (Å²) in [5.41, 5.74) is 14.9. The van der Waals surface area contributed by atoms with E-state index in [1.54, 1.807) is 31.6 Å². The third-order valence-corrected chi connectivity index (χ3v) is 6.06. The Morgan fingerprint density at radius 3 is 2.59 bits per heavy atom. The molecule has 0 bridgehead atoms. The first-order valence-corrected chi connectivity index (χ1v) is 11.9. The highest BCUT2D eigenvalue weighted by atomic mass is 16.5. The SMILES string of the molecule is Cc1ncc(C(=O)N=C(N)/C=C(\O)C(C)(C)C)cc1N(N)/C=C(\N)c1cncc(N(C)C2CCOC2)c1. The normalized spacial score (nSPS) is 17.1. The first-order chi connectivity index (χ1) is 17.4. The van der Waals surface area contributed by atoms with Crippen LogP contribution in [-0.2, 0) is 4.74 Å². The van der Waals surface area contributed by atoms with Crippen molar-refractivity contribution in [3.05, 3.63) is 65.6 Å². The fraction of sp³-hybridized carbons (Fsp3) is 0.385. The number of aliphatic imine (C=N–C) groups is 1. The molecule has 2 aromatic rings. The lowest BCUT2D eigenvalue weighted by atomic mass is 9.93. The van der Waals surface area contributed by atoms with Gasteiger partial charge in [-0.2, -0.15) is 4.99 Å². The molecule has 1 aliphatic heterocycles. The van der Waals surface area contributed by atoms with Gasteiger partial charge in [0.2, 0.25) is 0 Å². The van der Waals surface area contributed by atoms with Crippen LogP contribution in [0.15, 0.2) is 53.8 Å². The minimum Gasteiger partial charge on any atom is -0.512 e. The van der Waals surface area contributed by atoms with Gasteiger partial charge in [-0.25, -0.2) is 5.84 Å². The Morgan fingerprint density at radius 1 is 1.22 bits per heavy atom. The third kappa shape index (κ3) is 7.05. The molecule has 37 heavy (non-hydrogen) atoms. The standard InChI is InChI=1S/C26H36N8O3/c1-16-22(9-18(12-31-16)25(36)32-24(28)10-23(35)26(2,3)4)34(29)14-21(27)17-8-20(13-30-11-17)33(5)19-6-7-37-15-19/h8-14,19,35H,6-7,15,27,29H2,1-5H3,(H2,28,32,36)/b21-14-,23-10-. The predicted octanol–water partition coefficient (Wildman–Crippen LogP) is 2.63. The molecule has 0 aliphatic carbocycles. The lowest BCUT2D eigenvalue weighted by Crippen LogP contribution is -2.32. The van der Waals surface area contributed by atoms with Crippen molar-refractivity contribution in [2.75, 3.05) is 30.2 Å². The number of rotatable bonds is 7. The molecule has 3 heterocycles. The highest BCUT2D eigenvalue weighted by Crippen LogP contribution is 2.24. The fourth-order valence-electron chi connectivity index (χ4n) is 3.58. The summed E-state index contributed by atoms with van der Waals surface area (Å²) < 4.78 is 5.49. The van der Waals surface area contributed by atoms with Crippen LogP contribution in [0.25, 0.3) is 5.70 Å². The molecular formula is C26H36N8O3. The van der Waals surface area contributed by atoms with Crippen molar-refractivity contribution in [3.63, 3.8) is 0 Å². The molecule has 7 N–H and O–H groups in total. The third-order valence-electron chi connectivity index (χ3n) is 6.06. The number of amides is 1. The maximum Gasteiger partial charge on any atom is 0.280 e. The van der Waals surface area contributed by atoms with E-state index in [2.05, 4.69) is 19.9 Å². The van der Waals surface area contributed by atoms with Gasteiger partial charge in [0, 0.05) is 49.3 Å². The molecule has 2 aromatic heterocycles. The predicted molar refractivity (Wildman–Crippen MR) is 146 cm³/mol. The molecule has 0 radical (unpaired) electrons. The van der Waals surface area contributed by atoms with Crippen LogP contribution in [0, 0.1) is 12.3 Å². The van der Waals surface area contributed by atoms with Crippen LogP contribution in [0.5, 0.6) is 0 Å². The van der Waals surface area contributed by atoms with Gasteiger partial charge < -0.3 is 26.2 Å². The molecule has 11 heteroatoms. The lowest BCUT2D eigenvalue weighted by Gasteiger charge is -2.25. The van der Waals surface area contributed by atoms with E-state index >= 15 is 0 Å². The molecule has 1 atom stereocenters. The van der Waals surface area contributed by atoms with E-state index in [-0.39, 0.29) is 23.2 Å². The van der Waals surface area contributed by atoms with Crippen LogP contribution in [0.4, 0.5) is 11.4 Å². The second kappa shape index (κ2) is 11.4. The second-order valence-electron chi connectivity index (χ2n) is 10.0. The quantitative estimate of drug-likeness (QED) is 0.143. The number of aromatic nitrogens is 2. The number of pyridine rings is 2. The van der Waals surface area contributed by atoms with Gasteiger partial charge in [0.05, 0.1) is 47.2 Å². The summed E-state index contributed by atoms with van der Waals surface area (Å²) in [6.07, 6.45) is 8.58. The highest BCUT2D eigenvalue weighted by Gasteiger charge is 2.21. The van der Waals surface area contributed by atoms with Gasteiger partial charge in [-0.3, -0.25) is 19.8 Å².